The molecule has 3 rings (SSSR count). The molecule has 0 atom stereocenters. The van der Waals surface area contributed by atoms with E-state index in [0.717, 1.165) is 16.3 Å². The summed E-state index contributed by atoms with van der Waals surface area (Å²) in [6.07, 6.45) is 5.06. The number of rotatable bonds is 6. The van der Waals surface area contributed by atoms with Crippen molar-refractivity contribution < 1.29 is 4.79 Å². The first-order valence-corrected chi connectivity index (χ1v) is 8.50. The number of nitrogens with zero attached hydrogens (tertiary/aromatic N) is 5. The van der Waals surface area contributed by atoms with E-state index < -0.39 is 0 Å². The zero-order valence-corrected chi connectivity index (χ0v) is 14.3. The van der Waals surface area contributed by atoms with Crippen LogP contribution in [0.5, 0.6) is 0 Å². The molecule has 3 aromatic rings. The summed E-state index contributed by atoms with van der Waals surface area (Å²) >= 11 is 1.60. The number of carbonyl (C=O) groups excluding carboxylic acids is 1. The van der Waals surface area contributed by atoms with E-state index in [1.807, 2.05) is 17.5 Å². The standard InChI is InChI=1S/C16H18N6OS/c1-11(2)16-21-13(8-24-16)5-15(23)19-7-12-3-4-14(18-6-12)22-10-17-9-20-22/h3-4,6,8-11H,5,7H2,1-2H3,(H,19,23). The maximum Gasteiger partial charge on any atom is 0.226 e. The number of carbonyl (C=O) groups is 1. The van der Waals surface area contributed by atoms with Gasteiger partial charge in [0.05, 0.1) is 17.1 Å². The molecule has 0 saturated heterocycles. The molecule has 0 saturated carbocycles. The van der Waals surface area contributed by atoms with Crippen molar-refractivity contribution in [3.63, 3.8) is 0 Å². The second kappa shape index (κ2) is 7.31. The van der Waals surface area contributed by atoms with Gasteiger partial charge in [-0.1, -0.05) is 19.9 Å². The van der Waals surface area contributed by atoms with Gasteiger partial charge in [-0.25, -0.2) is 19.6 Å². The molecule has 0 aliphatic heterocycles. The maximum atomic E-state index is 12.0. The Labute approximate surface area is 143 Å². The lowest BCUT2D eigenvalue weighted by atomic mass is 10.2. The van der Waals surface area contributed by atoms with Gasteiger partial charge in [0.15, 0.2) is 5.82 Å². The average Bonchev–Trinajstić information content (AvgIpc) is 3.25. The van der Waals surface area contributed by atoms with Gasteiger partial charge in [-0.3, -0.25) is 4.79 Å². The molecule has 0 unspecified atom stereocenters. The van der Waals surface area contributed by atoms with Gasteiger partial charge in [0.25, 0.3) is 0 Å². The Morgan fingerprint density at radius 3 is 2.88 bits per heavy atom. The second-order valence-corrected chi connectivity index (χ2v) is 6.54. The summed E-state index contributed by atoms with van der Waals surface area (Å²) in [5.41, 5.74) is 1.74. The highest BCUT2D eigenvalue weighted by atomic mass is 32.1. The van der Waals surface area contributed by atoms with E-state index in [4.69, 9.17) is 0 Å². The summed E-state index contributed by atoms with van der Waals surface area (Å²) < 4.78 is 1.58. The lowest BCUT2D eigenvalue weighted by molar-refractivity contribution is -0.120. The molecule has 124 valence electrons. The topological polar surface area (TPSA) is 85.6 Å². The molecule has 0 aliphatic rings. The molecule has 3 aromatic heterocycles. The first-order valence-electron chi connectivity index (χ1n) is 7.62. The highest BCUT2D eigenvalue weighted by Gasteiger charge is 2.09. The van der Waals surface area contributed by atoms with Crippen LogP contribution in [0, 0.1) is 0 Å². The lowest BCUT2D eigenvalue weighted by Crippen LogP contribution is -2.24. The number of nitrogens with one attached hydrogen (secondary N) is 1. The Morgan fingerprint density at radius 2 is 2.25 bits per heavy atom. The lowest BCUT2D eigenvalue weighted by Gasteiger charge is -2.05. The Morgan fingerprint density at radius 1 is 1.38 bits per heavy atom. The van der Waals surface area contributed by atoms with Crippen molar-refractivity contribution in [1.29, 1.82) is 0 Å². The normalized spacial score (nSPS) is 11.0. The van der Waals surface area contributed by atoms with Gasteiger partial charge < -0.3 is 5.32 Å². The van der Waals surface area contributed by atoms with Crippen molar-refractivity contribution in [3.8, 4) is 5.82 Å². The van der Waals surface area contributed by atoms with Crippen LogP contribution in [-0.2, 0) is 17.8 Å². The Kier molecular flexibility index (Phi) is 4.95. The maximum absolute atomic E-state index is 12.0. The summed E-state index contributed by atoms with van der Waals surface area (Å²) in [5, 5.41) is 9.92. The zero-order valence-electron chi connectivity index (χ0n) is 13.5. The first kappa shape index (κ1) is 16.3. The largest absolute Gasteiger partial charge is 0.352 e. The minimum Gasteiger partial charge on any atom is -0.352 e. The molecule has 0 spiro atoms. The molecule has 0 aromatic carbocycles. The van der Waals surface area contributed by atoms with Crippen molar-refractivity contribution in [3.05, 3.63) is 52.6 Å². The molecular formula is C16H18N6OS. The minimum atomic E-state index is -0.0454. The second-order valence-electron chi connectivity index (χ2n) is 5.65. The van der Waals surface area contributed by atoms with Crippen LogP contribution in [0.15, 0.2) is 36.4 Å². The van der Waals surface area contributed by atoms with Crippen LogP contribution >= 0.6 is 11.3 Å². The average molecular weight is 342 g/mol. The molecule has 7 nitrogen and oxygen atoms in total. The van der Waals surface area contributed by atoms with Crippen molar-refractivity contribution >= 4 is 17.2 Å². The van der Waals surface area contributed by atoms with Crippen LogP contribution in [-0.4, -0.2) is 30.6 Å². The van der Waals surface area contributed by atoms with E-state index in [1.54, 1.807) is 28.5 Å². The van der Waals surface area contributed by atoms with E-state index in [2.05, 4.69) is 39.2 Å². The molecule has 1 N–H and O–H groups in total. The van der Waals surface area contributed by atoms with E-state index in [-0.39, 0.29) is 5.91 Å². The third-order valence-electron chi connectivity index (χ3n) is 3.36. The number of amides is 1. The molecule has 0 fully saturated rings. The fourth-order valence-corrected chi connectivity index (χ4v) is 2.91. The third-order valence-corrected chi connectivity index (χ3v) is 4.55. The first-order chi connectivity index (χ1) is 11.6. The van der Waals surface area contributed by atoms with Crippen LogP contribution in [0.1, 0.15) is 36.0 Å². The van der Waals surface area contributed by atoms with Gasteiger partial charge in [0.2, 0.25) is 5.91 Å². The number of thiazole rings is 1. The molecule has 0 radical (unpaired) electrons. The number of hydrogen-bond donors (Lipinski definition) is 1. The number of aromatic nitrogens is 5. The highest BCUT2D eigenvalue weighted by Crippen LogP contribution is 2.19. The predicted molar refractivity (Wildman–Crippen MR) is 90.9 cm³/mol. The summed E-state index contributed by atoms with van der Waals surface area (Å²) in [5.74, 6) is 1.03. The fourth-order valence-electron chi connectivity index (χ4n) is 2.08. The van der Waals surface area contributed by atoms with E-state index >= 15 is 0 Å². The van der Waals surface area contributed by atoms with Gasteiger partial charge in [-0.15, -0.1) is 11.3 Å². The van der Waals surface area contributed by atoms with Crippen LogP contribution in [0.4, 0.5) is 0 Å². The summed E-state index contributed by atoms with van der Waals surface area (Å²) in [7, 11) is 0. The van der Waals surface area contributed by atoms with Crippen LogP contribution in [0.3, 0.4) is 0 Å². The summed E-state index contributed by atoms with van der Waals surface area (Å²) in [4.78, 5) is 24.7. The monoisotopic (exact) mass is 342 g/mol. The van der Waals surface area contributed by atoms with Crippen LogP contribution in [0.2, 0.25) is 0 Å². The Balaban J connectivity index is 1.52. The molecule has 8 heteroatoms. The number of pyridine rings is 1. The number of hydrogen-bond acceptors (Lipinski definition) is 6. The fraction of sp³-hybridized carbons (Fsp3) is 0.312. The van der Waals surface area contributed by atoms with E-state index in [1.165, 1.54) is 6.33 Å². The van der Waals surface area contributed by atoms with Gasteiger partial charge >= 0.3 is 0 Å². The van der Waals surface area contributed by atoms with E-state index in [9.17, 15) is 4.79 Å². The molecule has 0 bridgehead atoms. The van der Waals surface area contributed by atoms with Gasteiger partial charge in [-0.05, 0) is 11.6 Å². The molecule has 24 heavy (non-hydrogen) atoms. The minimum absolute atomic E-state index is 0.0454. The molecule has 3 heterocycles. The van der Waals surface area contributed by atoms with Gasteiger partial charge in [-0.2, -0.15) is 5.10 Å². The predicted octanol–water partition coefficient (Wildman–Crippen LogP) is 2.10. The van der Waals surface area contributed by atoms with Gasteiger partial charge in [0.1, 0.15) is 12.7 Å². The van der Waals surface area contributed by atoms with Crippen molar-refractivity contribution in [2.24, 2.45) is 0 Å². The smallest absolute Gasteiger partial charge is 0.226 e. The van der Waals surface area contributed by atoms with Crippen molar-refractivity contribution in [2.45, 2.75) is 32.7 Å². The molecular weight excluding hydrogens is 324 g/mol. The van der Waals surface area contributed by atoms with Crippen molar-refractivity contribution in [1.82, 2.24) is 30.0 Å². The van der Waals surface area contributed by atoms with E-state index in [0.29, 0.717) is 24.7 Å². The highest BCUT2D eigenvalue weighted by molar-refractivity contribution is 7.09. The van der Waals surface area contributed by atoms with Crippen LogP contribution < -0.4 is 5.32 Å². The van der Waals surface area contributed by atoms with Crippen molar-refractivity contribution in [2.75, 3.05) is 0 Å². The molecule has 0 aliphatic carbocycles. The third kappa shape index (κ3) is 4.02. The SMILES string of the molecule is CC(C)c1nc(CC(=O)NCc2ccc(-n3cncn3)nc2)cs1. The zero-order chi connectivity index (χ0) is 16.9. The van der Waals surface area contributed by atoms with Gasteiger partial charge in [0, 0.05) is 24.0 Å². The molecule has 1 amide bonds. The quantitative estimate of drug-likeness (QED) is 0.741. The Hall–Kier alpha value is -2.61. The van der Waals surface area contributed by atoms with Crippen LogP contribution in [0.25, 0.3) is 5.82 Å². The summed E-state index contributed by atoms with van der Waals surface area (Å²) in [6.45, 7) is 4.63. The summed E-state index contributed by atoms with van der Waals surface area (Å²) in [6, 6.07) is 3.75. The Bertz CT molecular complexity index is 794.